The summed E-state index contributed by atoms with van der Waals surface area (Å²) in [6.07, 6.45) is 0. The standard InChI is InChI=1S/C13H12OP.10CO.2W/c1-10-9-15(13(8-14)11(10)2)12-6-4-3-5-7-12;10*1-2;;/h3-7,9H,1-2H3;;;;;;;;;;;;/q-1;;;;;;;;;;;;. The normalized spacial score (nSPS) is 5.54. The van der Waals surface area contributed by atoms with Gasteiger partial charge >= 0.3 is 221 Å². The predicted octanol–water partition coefficient (Wildman–Crippen LogP) is 2.29. The Morgan fingerprint density at radius 3 is 1.14 bits per heavy atom. The Balaban J connectivity index is -0.0000000370. The van der Waals surface area contributed by atoms with E-state index < -0.39 is 7.53 Å². The van der Waals surface area contributed by atoms with Gasteiger partial charge in [0, 0.05) is 21.1 Å². The van der Waals surface area contributed by atoms with Crippen LogP contribution in [-0.4, -0.2) is 4.08 Å². The summed E-state index contributed by atoms with van der Waals surface area (Å²) in [4.78, 5) is 0. The maximum Gasteiger partial charge on any atom is 0 e. The third-order valence-corrected chi connectivity index (χ3v) is 6.59. The van der Waals surface area contributed by atoms with Crippen LogP contribution in [0.5, 0.6) is 0 Å². The molecule has 0 spiro atoms. The Hall–Kier alpha value is -2.39. The molecule has 0 radical (unpaired) electrons. The van der Waals surface area contributed by atoms with E-state index in [1.54, 1.807) is 0 Å². The van der Waals surface area contributed by atoms with Crippen molar-refractivity contribution < 1.29 is 92.0 Å². The van der Waals surface area contributed by atoms with Gasteiger partial charge < -0.3 is 0 Å². The molecule has 0 amide bonds. The zero-order valence-corrected chi connectivity index (χ0v) is 25.5. The molecule has 0 bridgehead atoms. The fourth-order valence-electron chi connectivity index (χ4n) is 1.77. The number of hydrogen-bond donors (Lipinski definition) is 0. The van der Waals surface area contributed by atoms with Crippen molar-refractivity contribution in [3.05, 3.63) is 119 Å². The molecule has 0 aliphatic heterocycles. The Bertz CT molecular complexity index is 861. The Morgan fingerprint density at radius 2 is 0.892 bits per heavy atom. The number of rotatable bonds is 2. The molecule has 1 unspecified atom stereocenters. The van der Waals surface area contributed by atoms with Gasteiger partial charge in [0.05, 0.1) is 0 Å². The molecule has 0 N–H and O–H groups in total. The van der Waals surface area contributed by atoms with Crippen molar-refractivity contribution in [1.29, 1.82) is 0 Å². The van der Waals surface area contributed by atoms with Gasteiger partial charge in [-0.1, -0.05) is 0 Å². The molecular weight excluding hydrogens is 851 g/mol. The molecular formula is C23H12O11PW2-. The van der Waals surface area contributed by atoms with Gasteiger partial charge in [0.25, 0.3) is 0 Å². The predicted molar refractivity (Wildman–Crippen MR) is 103 cm³/mol. The van der Waals surface area contributed by atoms with E-state index in [-0.39, 0.29) is 21.1 Å². The minimum atomic E-state index is -0.533. The van der Waals surface area contributed by atoms with Crippen LogP contribution in [0.3, 0.4) is 0 Å². The van der Waals surface area contributed by atoms with Crippen LogP contribution in [0.2, 0.25) is 0 Å². The zero-order valence-electron chi connectivity index (χ0n) is 18.7. The van der Waals surface area contributed by atoms with Gasteiger partial charge in [0.1, 0.15) is 0 Å². The van der Waals surface area contributed by atoms with Crippen LogP contribution in [0, 0.1) is 80.4 Å². The maximum absolute atomic E-state index is 11.7. The van der Waals surface area contributed by atoms with Crippen molar-refractivity contribution in [1.82, 2.24) is 0 Å². The van der Waals surface area contributed by atoms with Gasteiger partial charge in [0.15, 0.2) is 0 Å². The van der Waals surface area contributed by atoms with Crippen molar-refractivity contribution in [3.63, 3.8) is 0 Å². The summed E-state index contributed by atoms with van der Waals surface area (Å²) in [6, 6.07) is 10.3. The molecule has 0 aliphatic rings. The van der Waals surface area contributed by atoms with E-state index in [4.69, 9.17) is 46.5 Å². The molecule has 1 aromatic heterocycles. The fraction of sp³-hybridized carbons (Fsp3) is 0.0870. The van der Waals surface area contributed by atoms with E-state index in [1.165, 1.54) is 16.4 Å². The summed E-state index contributed by atoms with van der Waals surface area (Å²) in [6.45, 7) is 49.2. The SMILES string of the molecule is Cc1cp(-c2ccccc2)c([C]([O-])=[W])c1C.[C-]#[O+].[C-]#[O+].[C-]#[O+].[C-]#[O+].[C-]#[O+].[C-]#[O+].[C-]#[O+].[C-]#[O+].[C-]#[O+].[C-]#[O+].[W]. The van der Waals surface area contributed by atoms with Gasteiger partial charge in [-0.05, 0) is 0 Å². The van der Waals surface area contributed by atoms with Gasteiger partial charge in [-0.25, -0.2) is 0 Å². The second kappa shape index (κ2) is 76.5. The smallest absolute Gasteiger partial charge is 0 e. The molecule has 188 valence electrons. The Morgan fingerprint density at radius 1 is 0.622 bits per heavy atom. The van der Waals surface area contributed by atoms with Gasteiger partial charge in [0.2, 0.25) is 0 Å². The van der Waals surface area contributed by atoms with Crippen molar-refractivity contribution in [2.75, 3.05) is 0 Å². The zero-order chi connectivity index (χ0) is 31.7. The van der Waals surface area contributed by atoms with E-state index in [9.17, 15) is 5.11 Å². The largest absolute Gasteiger partial charge is 0 e. The molecule has 0 fully saturated rings. The number of benzene rings is 1. The minimum Gasteiger partial charge on any atom is 0 e. The molecule has 2 aromatic rings. The molecule has 1 atom stereocenters. The van der Waals surface area contributed by atoms with Crippen molar-refractivity contribution in [2.45, 2.75) is 13.8 Å². The molecule has 1 aromatic carbocycles. The quantitative estimate of drug-likeness (QED) is 0.322. The van der Waals surface area contributed by atoms with E-state index >= 15 is 0 Å². The van der Waals surface area contributed by atoms with Crippen LogP contribution in [0.1, 0.15) is 16.4 Å². The third kappa shape index (κ3) is 38.3. The first-order valence-electron chi connectivity index (χ1n) is 7.10. The minimum absolute atomic E-state index is 0. The van der Waals surface area contributed by atoms with Crippen LogP contribution < -0.4 is 5.11 Å². The molecule has 2 rings (SSSR count). The summed E-state index contributed by atoms with van der Waals surface area (Å²) < 4.78 is 75.3. The van der Waals surface area contributed by atoms with E-state index in [0.29, 0.717) is 4.08 Å². The first-order chi connectivity index (χ1) is 17.6. The third-order valence-electron chi connectivity index (χ3n) is 2.74. The average molecular weight is 863 g/mol. The first kappa shape index (κ1) is 64.6. The summed E-state index contributed by atoms with van der Waals surface area (Å²) in [5.41, 5.74) is 2.45. The van der Waals surface area contributed by atoms with Crippen LogP contribution in [-0.2, 0) is 86.9 Å². The van der Waals surface area contributed by atoms with Crippen LogP contribution in [0.15, 0.2) is 36.1 Å². The second-order valence-corrected chi connectivity index (χ2v) is 7.07. The maximum atomic E-state index is 11.7. The average Bonchev–Trinajstić information content (AvgIpc) is 3.33. The Labute approximate surface area is 241 Å². The monoisotopic (exact) mass is 863 g/mol. The summed E-state index contributed by atoms with van der Waals surface area (Å²) in [5.74, 6) is 2.26. The van der Waals surface area contributed by atoms with E-state index in [0.717, 1.165) is 24.6 Å². The topological polar surface area (TPSA) is 222 Å². The van der Waals surface area contributed by atoms with E-state index in [2.05, 4.69) is 98.3 Å². The Kier molecular flexibility index (Phi) is 134. The van der Waals surface area contributed by atoms with Gasteiger partial charge in [-0.15, -0.1) is 0 Å². The van der Waals surface area contributed by atoms with Gasteiger partial charge in [-0.3, -0.25) is 0 Å². The molecule has 0 saturated carbocycles. The van der Waals surface area contributed by atoms with Crippen LogP contribution in [0.4, 0.5) is 0 Å². The van der Waals surface area contributed by atoms with Crippen LogP contribution >= 0.6 is 7.53 Å². The van der Waals surface area contributed by atoms with E-state index in [1.807, 2.05) is 18.2 Å². The molecule has 14 heteroatoms. The first-order valence-corrected chi connectivity index (χ1v) is 9.98. The number of hydrogen-bond acceptors (Lipinski definition) is 1. The van der Waals surface area contributed by atoms with Gasteiger partial charge in [-0.2, -0.15) is 0 Å². The summed E-state index contributed by atoms with van der Waals surface area (Å²) >= 11 is 1.04. The van der Waals surface area contributed by atoms with Crippen molar-refractivity contribution in [2.24, 2.45) is 0 Å². The summed E-state index contributed by atoms with van der Waals surface area (Å²) in [5, 5.41) is 14.1. The molecule has 37 heavy (non-hydrogen) atoms. The molecule has 0 aliphatic carbocycles. The van der Waals surface area contributed by atoms with Crippen molar-refractivity contribution >= 4 is 11.6 Å². The van der Waals surface area contributed by atoms with Crippen molar-refractivity contribution in [3.8, 4) is 5.30 Å². The number of aryl methyl sites for hydroxylation is 1. The van der Waals surface area contributed by atoms with Crippen LogP contribution in [0.25, 0.3) is 5.30 Å². The molecule has 0 saturated heterocycles. The molecule has 11 nitrogen and oxygen atoms in total. The summed E-state index contributed by atoms with van der Waals surface area (Å²) in [7, 11) is -0.533. The fourth-order valence-corrected chi connectivity index (χ4v) is 5.72. The second-order valence-electron chi connectivity index (χ2n) is 3.78. The molecule has 1 heterocycles.